The van der Waals surface area contributed by atoms with Crippen molar-refractivity contribution < 1.29 is 9.59 Å². The number of aryl methyl sites for hydroxylation is 1. The first kappa shape index (κ1) is 11.6. The van der Waals surface area contributed by atoms with Crippen molar-refractivity contribution >= 4 is 11.8 Å². The van der Waals surface area contributed by atoms with Crippen LogP contribution >= 0.6 is 0 Å². The summed E-state index contributed by atoms with van der Waals surface area (Å²) in [7, 11) is 0. The fourth-order valence-corrected chi connectivity index (χ4v) is 2.14. The second kappa shape index (κ2) is 4.99. The molecule has 1 heterocycles. The second-order valence-corrected chi connectivity index (χ2v) is 4.27. The lowest BCUT2D eigenvalue weighted by atomic mass is 10.0. The van der Waals surface area contributed by atoms with Gasteiger partial charge in [-0.25, -0.2) is 0 Å². The van der Waals surface area contributed by atoms with Gasteiger partial charge in [-0.15, -0.1) is 0 Å². The van der Waals surface area contributed by atoms with Crippen LogP contribution in [0.15, 0.2) is 24.3 Å². The third kappa shape index (κ3) is 2.64. The molecule has 1 aliphatic heterocycles. The smallest absolute Gasteiger partial charge is 0.254 e. The van der Waals surface area contributed by atoms with Crippen molar-refractivity contribution in [3.63, 3.8) is 0 Å². The fraction of sp³-hybridized carbons (Fsp3) is 0.385. The second-order valence-electron chi connectivity index (χ2n) is 4.27. The summed E-state index contributed by atoms with van der Waals surface area (Å²) in [5, 5.41) is 0. The number of nitrogens with two attached hydrogens (primary N) is 1. The van der Waals surface area contributed by atoms with Crippen molar-refractivity contribution in [3.05, 3.63) is 35.4 Å². The van der Waals surface area contributed by atoms with E-state index in [4.69, 9.17) is 5.73 Å². The average molecular weight is 232 g/mol. The van der Waals surface area contributed by atoms with Gasteiger partial charge in [-0.1, -0.05) is 18.2 Å². The molecule has 0 spiro atoms. The van der Waals surface area contributed by atoms with Crippen molar-refractivity contribution in [3.8, 4) is 0 Å². The van der Waals surface area contributed by atoms with Gasteiger partial charge in [0.2, 0.25) is 5.91 Å². The van der Waals surface area contributed by atoms with Gasteiger partial charge in [-0.2, -0.15) is 0 Å². The van der Waals surface area contributed by atoms with Crippen molar-refractivity contribution in [2.75, 3.05) is 13.1 Å². The lowest BCUT2D eigenvalue weighted by Gasteiger charge is -2.20. The minimum Gasteiger partial charge on any atom is -0.370 e. The van der Waals surface area contributed by atoms with Gasteiger partial charge in [0.1, 0.15) is 0 Å². The highest BCUT2D eigenvalue weighted by atomic mass is 16.2. The Kier molecular flexibility index (Phi) is 3.42. The summed E-state index contributed by atoms with van der Waals surface area (Å²) < 4.78 is 0. The van der Waals surface area contributed by atoms with Crippen molar-refractivity contribution in [1.82, 2.24) is 4.90 Å². The highest BCUT2D eigenvalue weighted by Gasteiger charge is 2.21. The van der Waals surface area contributed by atoms with Crippen LogP contribution in [0.4, 0.5) is 0 Å². The molecule has 90 valence electrons. The van der Waals surface area contributed by atoms with Crippen molar-refractivity contribution in [2.45, 2.75) is 19.3 Å². The van der Waals surface area contributed by atoms with Gasteiger partial charge in [0, 0.05) is 25.1 Å². The Balaban J connectivity index is 2.17. The van der Waals surface area contributed by atoms with E-state index in [9.17, 15) is 9.59 Å². The summed E-state index contributed by atoms with van der Waals surface area (Å²) in [5.41, 5.74) is 6.97. The van der Waals surface area contributed by atoms with Crippen molar-refractivity contribution in [2.24, 2.45) is 5.73 Å². The first-order valence-corrected chi connectivity index (χ1v) is 5.84. The summed E-state index contributed by atoms with van der Waals surface area (Å²) in [5.74, 6) is -0.352. The van der Waals surface area contributed by atoms with Gasteiger partial charge in [0.15, 0.2) is 0 Å². The summed E-state index contributed by atoms with van der Waals surface area (Å²) in [6.07, 6.45) is 2.07. The minimum atomic E-state index is -0.365. The highest BCUT2D eigenvalue weighted by molar-refractivity contribution is 5.96. The number of nitrogens with zero attached hydrogens (tertiary/aromatic N) is 1. The van der Waals surface area contributed by atoms with Crippen LogP contribution in [0.25, 0.3) is 0 Å². The molecule has 0 fully saturated rings. The Hall–Kier alpha value is -1.84. The van der Waals surface area contributed by atoms with Crippen LogP contribution < -0.4 is 5.73 Å². The molecule has 0 radical (unpaired) electrons. The zero-order valence-corrected chi connectivity index (χ0v) is 9.69. The van der Waals surface area contributed by atoms with Crippen LogP contribution in [0, 0.1) is 0 Å². The van der Waals surface area contributed by atoms with Crippen LogP contribution in [0.3, 0.4) is 0 Å². The lowest BCUT2D eigenvalue weighted by Crippen LogP contribution is -2.34. The van der Waals surface area contributed by atoms with Gasteiger partial charge in [0.25, 0.3) is 5.91 Å². The third-order valence-corrected chi connectivity index (χ3v) is 3.04. The predicted octanol–water partition coefficient (Wildman–Crippen LogP) is 0.950. The van der Waals surface area contributed by atoms with E-state index in [1.54, 1.807) is 4.90 Å². The summed E-state index contributed by atoms with van der Waals surface area (Å²) in [6.45, 7) is 1.11. The predicted molar refractivity (Wildman–Crippen MR) is 64.5 cm³/mol. The van der Waals surface area contributed by atoms with E-state index in [0.29, 0.717) is 13.1 Å². The summed E-state index contributed by atoms with van der Waals surface area (Å²) in [6, 6.07) is 7.66. The van der Waals surface area contributed by atoms with Gasteiger partial charge < -0.3 is 10.6 Å². The molecule has 0 atom stereocenters. The standard InChI is InChI=1S/C13H16N2O2/c14-12(16)7-9-15-8-3-5-10-4-1-2-6-11(10)13(15)17/h1-2,4,6H,3,5,7-9H2,(H2,14,16). The molecule has 4 heteroatoms. The summed E-state index contributed by atoms with van der Waals surface area (Å²) in [4.78, 5) is 24.7. The first-order chi connectivity index (χ1) is 8.18. The van der Waals surface area contributed by atoms with Crippen LogP contribution in [0.5, 0.6) is 0 Å². The molecular weight excluding hydrogens is 216 g/mol. The number of benzene rings is 1. The number of amides is 2. The van der Waals surface area contributed by atoms with Gasteiger partial charge in [0.05, 0.1) is 0 Å². The number of rotatable bonds is 3. The molecule has 17 heavy (non-hydrogen) atoms. The number of hydrogen-bond acceptors (Lipinski definition) is 2. The lowest BCUT2D eigenvalue weighted by molar-refractivity contribution is -0.118. The Morgan fingerprint density at radius 2 is 2.12 bits per heavy atom. The zero-order chi connectivity index (χ0) is 12.3. The minimum absolute atomic E-state index is 0.0133. The summed E-state index contributed by atoms with van der Waals surface area (Å²) >= 11 is 0. The maximum Gasteiger partial charge on any atom is 0.254 e. The molecule has 0 bridgehead atoms. The van der Waals surface area contributed by atoms with E-state index in [1.165, 1.54) is 0 Å². The zero-order valence-electron chi connectivity index (χ0n) is 9.69. The average Bonchev–Trinajstić information content (AvgIpc) is 2.47. The largest absolute Gasteiger partial charge is 0.370 e. The molecule has 0 saturated heterocycles. The molecule has 4 nitrogen and oxygen atoms in total. The molecule has 1 aromatic rings. The molecule has 1 aliphatic rings. The maximum absolute atomic E-state index is 12.2. The van der Waals surface area contributed by atoms with Crippen LogP contribution in [0.1, 0.15) is 28.8 Å². The van der Waals surface area contributed by atoms with Crippen LogP contribution in [-0.4, -0.2) is 29.8 Å². The first-order valence-electron chi connectivity index (χ1n) is 5.84. The normalized spacial score (nSPS) is 15.3. The monoisotopic (exact) mass is 232 g/mol. The molecular formula is C13H16N2O2. The molecule has 2 amide bonds. The fourth-order valence-electron chi connectivity index (χ4n) is 2.14. The molecule has 0 unspecified atom stereocenters. The SMILES string of the molecule is NC(=O)CCN1CCCc2ccccc2C1=O. The maximum atomic E-state index is 12.2. The topological polar surface area (TPSA) is 63.4 Å². The van der Waals surface area contributed by atoms with Crippen LogP contribution in [-0.2, 0) is 11.2 Å². The number of hydrogen-bond donors (Lipinski definition) is 1. The van der Waals surface area contributed by atoms with E-state index in [2.05, 4.69) is 0 Å². The molecule has 0 aliphatic carbocycles. The van der Waals surface area contributed by atoms with E-state index in [1.807, 2.05) is 24.3 Å². The number of fused-ring (bicyclic) bond motifs is 1. The number of primary amides is 1. The van der Waals surface area contributed by atoms with Crippen LogP contribution in [0.2, 0.25) is 0 Å². The quantitative estimate of drug-likeness (QED) is 0.843. The third-order valence-electron chi connectivity index (χ3n) is 3.04. The molecule has 0 saturated carbocycles. The Morgan fingerprint density at radius 3 is 2.88 bits per heavy atom. The van der Waals surface area contributed by atoms with E-state index < -0.39 is 0 Å². The Bertz CT molecular complexity index is 443. The number of carbonyl (C=O) groups excluding carboxylic acids is 2. The molecule has 2 N–H and O–H groups in total. The molecule has 1 aromatic carbocycles. The molecule has 0 aromatic heterocycles. The highest BCUT2D eigenvalue weighted by Crippen LogP contribution is 2.18. The van der Waals surface area contributed by atoms with Gasteiger partial charge >= 0.3 is 0 Å². The molecule has 2 rings (SSSR count). The van der Waals surface area contributed by atoms with Crippen molar-refractivity contribution in [1.29, 1.82) is 0 Å². The van der Waals surface area contributed by atoms with E-state index in [-0.39, 0.29) is 18.2 Å². The van der Waals surface area contributed by atoms with Gasteiger partial charge in [-0.05, 0) is 24.5 Å². The van der Waals surface area contributed by atoms with E-state index in [0.717, 1.165) is 24.0 Å². The van der Waals surface area contributed by atoms with Gasteiger partial charge in [-0.3, -0.25) is 9.59 Å². The number of carbonyl (C=O) groups is 2. The Labute approximate surface area is 100 Å². The Morgan fingerprint density at radius 1 is 1.35 bits per heavy atom. The van der Waals surface area contributed by atoms with E-state index >= 15 is 0 Å².